The average molecular weight is 405 g/mol. The highest BCUT2D eigenvalue weighted by molar-refractivity contribution is 6.05. The van der Waals surface area contributed by atoms with Crippen LogP contribution in [0, 0.1) is 0 Å². The van der Waals surface area contributed by atoms with Gasteiger partial charge in [0.25, 0.3) is 5.91 Å². The molecule has 0 unspecified atom stereocenters. The van der Waals surface area contributed by atoms with Crippen molar-refractivity contribution in [3.05, 3.63) is 78.0 Å². The maximum absolute atomic E-state index is 12.8. The van der Waals surface area contributed by atoms with Crippen LogP contribution in [-0.4, -0.2) is 47.3 Å². The first kappa shape index (κ1) is 20.2. The Labute approximate surface area is 177 Å². The van der Waals surface area contributed by atoms with Crippen LogP contribution in [0.4, 0.5) is 5.82 Å². The van der Waals surface area contributed by atoms with Crippen LogP contribution in [0.1, 0.15) is 34.8 Å². The van der Waals surface area contributed by atoms with Crippen LogP contribution in [0.2, 0.25) is 0 Å². The number of para-hydroxylation sites is 1. The normalized spacial score (nSPS) is 15.1. The van der Waals surface area contributed by atoms with Gasteiger partial charge in [0, 0.05) is 25.7 Å². The Bertz CT molecular complexity index is 962. The summed E-state index contributed by atoms with van der Waals surface area (Å²) in [6.07, 6.45) is 4.87. The molecule has 6 heteroatoms. The summed E-state index contributed by atoms with van der Waals surface area (Å²) >= 11 is 0. The molecule has 6 nitrogen and oxygen atoms in total. The van der Waals surface area contributed by atoms with Crippen molar-refractivity contribution >= 4 is 11.7 Å². The monoisotopic (exact) mass is 404 g/mol. The minimum Gasteiger partial charge on any atom is -0.496 e. The first-order valence-electron chi connectivity index (χ1n) is 10.5. The number of piperidine rings is 1. The molecule has 0 atom stereocenters. The maximum Gasteiger partial charge on any atom is 0.260 e. The Hall–Kier alpha value is -3.12. The fourth-order valence-corrected chi connectivity index (χ4v) is 4.04. The number of anilines is 1. The van der Waals surface area contributed by atoms with Crippen molar-refractivity contribution in [3.63, 3.8) is 0 Å². The highest BCUT2D eigenvalue weighted by Gasteiger charge is 2.23. The third-order valence-corrected chi connectivity index (χ3v) is 5.73. The highest BCUT2D eigenvalue weighted by Crippen LogP contribution is 2.26. The van der Waals surface area contributed by atoms with Crippen LogP contribution in [0.3, 0.4) is 0 Å². The van der Waals surface area contributed by atoms with Gasteiger partial charge in [0.15, 0.2) is 0 Å². The molecule has 1 N–H and O–H groups in total. The van der Waals surface area contributed by atoms with E-state index in [2.05, 4.69) is 45.6 Å². The maximum atomic E-state index is 12.8. The lowest BCUT2D eigenvalue weighted by atomic mass is 10.0. The Kier molecular flexibility index (Phi) is 6.44. The summed E-state index contributed by atoms with van der Waals surface area (Å²) in [4.78, 5) is 15.3. The van der Waals surface area contributed by atoms with Gasteiger partial charge in [-0.3, -0.25) is 4.79 Å². The standard InChI is InChI=1S/C24H28N4O2/c1-30-22-10-6-5-9-21(22)24(29)26-23-11-15-25-28(23)20-13-17-27(18-14-20)16-12-19-7-3-2-4-8-19/h2-11,15,20H,12-14,16-18H2,1H3,(H,26,29). The van der Waals surface area contributed by atoms with Crippen LogP contribution in [0.25, 0.3) is 0 Å². The molecule has 0 spiro atoms. The predicted molar refractivity (Wildman–Crippen MR) is 118 cm³/mol. The molecule has 1 fully saturated rings. The van der Waals surface area contributed by atoms with E-state index in [4.69, 9.17) is 4.74 Å². The fraction of sp³-hybridized carbons (Fsp3) is 0.333. The molecule has 3 aromatic rings. The summed E-state index contributed by atoms with van der Waals surface area (Å²) in [6, 6.07) is 20.0. The molecule has 0 bridgehead atoms. The van der Waals surface area contributed by atoms with Crippen molar-refractivity contribution in [2.45, 2.75) is 25.3 Å². The molecule has 1 saturated heterocycles. The molecule has 1 aliphatic rings. The lowest BCUT2D eigenvalue weighted by Crippen LogP contribution is -2.36. The highest BCUT2D eigenvalue weighted by atomic mass is 16.5. The van der Waals surface area contributed by atoms with Gasteiger partial charge in [-0.25, -0.2) is 4.68 Å². The van der Waals surface area contributed by atoms with Crippen molar-refractivity contribution in [1.82, 2.24) is 14.7 Å². The zero-order chi connectivity index (χ0) is 20.8. The Balaban J connectivity index is 1.34. The molecule has 4 rings (SSSR count). The number of nitrogens with zero attached hydrogens (tertiary/aromatic N) is 3. The van der Waals surface area contributed by atoms with E-state index in [9.17, 15) is 4.79 Å². The fourth-order valence-electron chi connectivity index (χ4n) is 4.04. The number of nitrogens with one attached hydrogen (secondary N) is 1. The molecule has 1 aromatic heterocycles. The molecule has 0 aliphatic carbocycles. The molecule has 1 aliphatic heterocycles. The SMILES string of the molecule is COc1ccccc1C(=O)Nc1ccnn1C1CCN(CCc2ccccc2)CC1. The van der Waals surface area contributed by atoms with Crippen molar-refractivity contribution in [1.29, 1.82) is 0 Å². The minimum atomic E-state index is -0.186. The van der Waals surface area contributed by atoms with Crippen molar-refractivity contribution in [2.75, 3.05) is 32.1 Å². The summed E-state index contributed by atoms with van der Waals surface area (Å²) < 4.78 is 7.27. The van der Waals surface area contributed by atoms with E-state index >= 15 is 0 Å². The third kappa shape index (κ3) is 4.71. The van der Waals surface area contributed by atoms with Crippen LogP contribution in [-0.2, 0) is 6.42 Å². The molecule has 0 radical (unpaired) electrons. The van der Waals surface area contributed by atoms with Crippen molar-refractivity contribution < 1.29 is 9.53 Å². The van der Waals surface area contributed by atoms with E-state index in [-0.39, 0.29) is 5.91 Å². The third-order valence-electron chi connectivity index (χ3n) is 5.73. The second-order valence-corrected chi connectivity index (χ2v) is 7.62. The Morgan fingerprint density at radius 2 is 1.80 bits per heavy atom. The molecule has 2 heterocycles. The number of carbonyl (C=O) groups excluding carboxylic acids is 1. The molecule has 30 heavy (non-hydrogen) atoms. The van der Waals surface area contributed by atoms with Crippen molar-refractivity contribution in [3.8, 4) is 5.75 Å². The smallest absolute Gasteiger partial charge is 0.260 e. The van der Waals surface area contributed by atoms with Crippen molar-refractivity contribution in [2.24, 2.45) is 0 Å². The second kappa shape index (κ2) is 9.59. The number of ether oxygens (including phenoxy) is 1. The number of methoxy groups -OCH3 is 1. The Morgan fingerprint density at radius 3 is 2.57 bits per heavy atom. The van der Waals surface area contributed by atoms with Gasteiger partial charge in [-0.2, -0.15) is 5.10 Å². The zero-order valence-electron chi connectivity index (χ0n) is 17.3. The minimum absolute atomic E-state index is 0.186. The predicted octanol–water partition coefficient (Wildman–Crippen LogP) is 4.02. The van der Waals surface area contributed by atoms with E-state index in [1.165, 1.54) is 5.56 Å². The quantitative estimate of drug-likeness (QED) is 0.646. The van der Waals surface area contributed by atoms with Crippen LogP contribution in [0.5, 0.6) is 5.75 Å². The number of hydrogen-bond donors (Lipinski definition) is 1. The van der Waals surface area contributed by atoms with E-state index in [1.54, 1.807) is 25.4 Å². The largest absolute Gasteiger partial charge is 0.496 e. The summed E-state index contributed by atoms with van der Waals surface area (Å²) in [5, 5.41) is 7.50. The molecule has 2 aromatic carbocycles. The summed E-state index contributed by atoms with van der Waals surface area (Å²) in [5.41, 5.74) is 1.90. The number of hydrogen-bond acceptors (Lipinski definition) is 4. The molecular formula is C24H28N4O2. The molecular weight excluding hydrogens is 376 g/mol. The Morgan fingerprint density at radius 1 is 1.07 bits per heavy atom. The molecule has 156 valence electrons. The molecule has 1 amide bonds. The van der Waals surface area contributed by atoms with Gasteiger partial charge < -0.3 is 15.0 Å². The van der Waals surface area contributed by atoms with Gasteiger partial charge in [0.05, 0.1) is 24.9 Å². The number of likely N-dealkylation sites (tertiary alicyclic amines) is 1. The first-order valence-corrected chi connectivity index (χ1v) is 10.5. The number of rotatable bonds is 7. The van der Waals surface area contributed by atoms with E-state index < -0.39 is 0 Å². The lowest BCUT2D eigenvalue weighted by Gasteiger charge is -2.32. The summed E-state index contributed by atoms with van der Waals surface area (Å²) in [5.74, 6) is 1.11. The summed E-state index contributed by atoms with van der Waals surface area (Å²) in [7, 11) is 1.57. The molecule has 0 saturated carbocycles. The van der Waals surface area contributed by atoms with E-state index in [0.717, 1.165) is 44.7 Å². The van der Waals surface area contributed by atoms with Crippen LogP contribution >= 0.6 is 0 Å². The van der Waals surface area contributed by atoms with E-state index in [0.29, 0.717) is 17.4 Å². The summed E-state index contributed by atoms with van der Waals surface area (Å²) in [6.45, 7) is 3.15. The van der Waals surface area contributed by atoms with E-state index in [1.807, 2.05) is 22.9 Å². The second-order valence-electron chi connectivity index (χ2n) is 7.62. The topological polar surface area (TPSA) is 59.4 Å². The van der Waals surface area contributed by atoms with Crippen LogP contribution < -0.4 is 10.1 Å². The van der Waals surface area contributed by atoms with Gasteiger partial charge in [0.2, 0.25) is 0 Å². The number of carbonyl (C=O) groups is 1. The van der Waals surface area contributed by atoms with Gasteiger partial charge in [-0.1, -0.05) is 42.5 Å². The number of benzene rings is 2. The van der Waals surface area contributed by atoms with Gasteiger partial charge in [-0.15, -0.1) is 0 Å². The van der Waals surface area contributed by atoms with Crippen LogP contribution in [0.15, 0.2) is 66.9 Å². The average Bonchev–Trinajstić information content (AvgIpc) is 3.26. The van der Waals surface area contributed by atoms with Gasteiger partial charge in [0.1, 0.15) is 11.6 Å². The van der Waals surface area contributed by atoms with Gasteiger partial charge in [-0.05, 0) is 37.0 Å². The zero-order valence-corrected chi connectivity index (χ0v) is 17.3. The lowest BCUT2D eigenvalue weighted by molar-refractivity contribution is 0.102. The number of aromatic nitrogens is 2. The van der Waals surface area contributed by atoms with Gasteiger partial charge >= 0.3 is 0 Å². The first-order chi connectivity index (χ1) is 14.7. The number of amides is 1.